The summed E-state index contributed by atoms with van der Waals surface area (Å²) in [5.74, 6) is 0.445. The molecule has 0 saturated carbocycles. The number of nitrogens with zero attached hydrogens (tertiary/aromatic N) is 1. The van der Waals surface area contributed by atoms with Crippen molar-refractivity contribution in [3.05, 3.63) is 28.3 Å². The number of hydrogen-bond acceptors (Lipinski definition) is 4. The van der Waals surface area contributed by atoms with Gasteiger partial charge in [-0.25, -0.2) is 17.9 Å². The highest BCUT2D eigenvalue weighted by atomic mass is 32.2. The van der Waals surface area contributed by atoms with E-state index < -0.39 is 16.1 Å². The molecule has 0 spiro atoms. The van der Waals surface area contributed by atoms with Crippen LogP contribution < -0.4 is 10.0 Å². The number of hydrogen-bond donors (Lipinski definition) is 2. The van der Waals surface area contributed by atoms with Crippen molar-refractivity contribution in [1.82, 2.24) is 9.62 Å². The van der Waals surface area contributed by atoms with Gasteiger partial charge in [0.05, 0.1) is 5.75 Å². The second-order valence-corrected chi connectivity index (χ2v) is 10.6. The minimum absolute atomic E-state index is 0.0161. The number of carbonyl (C=O) groups is 1. The zero-order chi connectivity index (χ0) is 20.4. The van der Waals surface area contributed by atoms with Gasteiger partial charge in [-0.05, 0) is 106 Å². The molecule has 0 aromatic heterocycles. The number of amides is 2. The van der Waals surface area contributed by atoms with E-state index in [1.807, 2.05) is 0 Å². The fourth-order valence-electron chi connectivity index (χ4n) is 5.21. The number of likely N-dealkylation sites (tertiary alicyclic amines) is 1. The number of nitrogens with one attached hydrogen (secondary N) is 2. The van der Waals surface area contributed by atoms with Crippen molar-refractivity contribution in [1.29, 1.82) is 0 Å². The average molecular weight is 420 g/mol. The Morgan fingerprint density at radius 2 is 1.69 bits per heavy atom. The third-order valence-corrected chi connectivity index (χ3v) is 8.18. The Hall–Kier alpha value is -1.60. The number of benzene rings is 1. The van der Waals surface area contributed by atoms with Gasteiger partial charge in [-0.2, -0.15) is 0 Å². The number of piperidine rings is 1. The van der Waals surface area contributed by atoms with Gasteiger partial charge in [-0.1, -0.05) is 13.0 Å². The van der Waals surface area contributed by atoms with Crippen LogP contribution in [0.1, 0.15) is 61.3 Å². The molecule has 1 aromatic carbocycles. The highest BCUT2D eigenvalue weighted by Crippen LogP contribution is 2.38. The smallest absolute Gasteiger partial charge is 0.307 e. The zero-order valence-electron chi connectivity index (χ0n) is 17.4. The molecule has 1 saturated heterocycles. The second-order valence-electron chi connectivity index (χ2n) is 8.78. The molecule has 2 N–H and O–H groups in total. The minimum atomic E-state index is -3.62. The number of fused-ring (bicyclic) bond motifs is 2. The number of urea groups is 1. The molecule has 4 rings (SSSR count). The molecule has 0 radical (unpaired) electrons. The maximum Gasteiger partial charge on any atom is 0.332 e. The topological polar surface area (TPSA) is 78.5 Å². The summed E-state index contributed by atoms with van der Waals surface area (Å²) in [5.41, 5.74) is 5.94. The van der Waals surface area contributed by atoms with Crippen molar-refractivity contribution < 1.29 is 13.2 Å². The molecule has 29 heavy (non-hydrogen) atoms. The lowest BCUT2D eigenvalue weighted by Gasteiger charge is -2.30. The van der Waals surface area contributed by atoms with Crippen molar-refractivity contribution in [2.75, 3.05) is 30.7 Å². The SMILES string of the molecule is CCN1CCC(CCS(=O)(=O)NC(=O)Nc2c3c(cc4c2CCC4)CCC3)CC1. The molecular formula is C22H33N3O3S. The fraction of sp³-hybridized carbons (Fsp3) is 0.682. The molecule has 7 heteroatoms. The Labute approximate surface area is 174 Å². The third kappa shape index (κ3) is 4.77. The summed E-state index contributed by atoms with van der Waals surface area (Å²) in [5, 5.41) is 2.91. The highest BCUT2D eigenvalue weighted by molar-refractivity contribution is 7.90. The third-order valence-electron chi connectivity index (χ3n) is 6.91. The van der Waals surface area contributed by atoms with Gasteiger partial charge in [0.2, 0.25) is 10.0 Å². The number of carbonyl (C=O) groups excluding carboxylic acids is 1. The summed E-state index contributed by atoms with van der Waals surface area (Å²) in [4.78, 5) is 14.9. The van der Waals surface area contributed by atoms with Gasteiger partial charge in [0, 0.05) is 5.69 Å². The summed E-state index contributed by atoms with van der Waals surface area (Å²) >= 11 is 0. The first kappa shape index (κ1) is 20.7. The quantitative estimate of drug-likeness (QED) is 0.742. The molecule has 0 atom stereocenters. The molecule has 0 bridgehead atoms. The van der Waals surface area contributed by atoms with Crippen LogP contribution >= 0.6 is 0 Å². The molecule has 0 unspecified atom stereocenters. The van der Waals surface area contributed by atoms with Crippen LogP contribution in [0.2, 0.25) is 0 Å². The van der Waals surface area contributed by atoms with Gasteiger partial charge in [-0.15, -0.1) is 0 Å². The number of rotatable bonds is 6. The summed E-state index contributed by atoms with van der Waals surface area (Å²) in [6.07, 6.45) is 8.92. The normalized spacial score (nSPS) is 19.8. The van der Waals surface area contributed by atoms with Crippen LogP contribution in [-0.2, 0) is 35.7 Å². The Bertz CT molecular complexity index is 842. The molecule has 3 aliphatic rings. The molecule has 1 heterocycles. The van der Waals surface area contributed by atoms with Gasteiger partial charge in [0.1, 0.15) is 0 Å². The van der Waals surface area contributed by atoms with E-state index in [0.717, 1.165) is 76.7 Å². The first-order valence-corrected chi connectivity index (χ1v) is 12.8. The van der Waals surface area contributed by atoms with Crippen molar-refractivity contribution >= 4 is 21.7 Å². The van der Waals surface area contributed by atoms with Crippen LogP contribution in [0.4, 0.5) is 10.5 Å². The maximum atomic E-state index is 12.6. The van der Waals surface area contributed by atoms with E-state index in [0.29, 0.717) is 12.3 Å². The summed E-state index contributed by atoms with van der Waals surface area (Å²) in [6.45, 7) is 5.29. The fourth-order valence-corrected chi connectivity index (χ4v) is 6.29. The summed E-state index contributed by atoms with van der Waals surface area (Å²) in [6, 6.07) is 1.69. The maximum absolute atomic E-state index is 12.6. The van der Waals surface area contributed by atoms with Crippen molar-refractivity contribution in [2.45, 2.75) is 64.7 Å². The molecule has 2 aliphatic carbocycles. The Balaban J connectivity index is 1.35. The molecule has 1 aliphatic heterocycles. The first-order chi connectivity index (χ1) is 13.9. The van der Waals surface area contributed by atoms with E-state index in [1.54, 1.807) is 0 Å². The van der Waals surface area contributed by atoms with Gasteiger partial charge >= 0.3 is 6.03 Å². The van der Waals surface area contributed by atoms with Crippen LogP contribution in [-0.4, -0.2) is 44.7 Å². The largest absolute Gasteiger partial charge is 0.332 e. The number of aryl methyl sites for hydroxylation is 2. The number of anilines is 1. The van der Waals surface area contributed by atoms with E-state index in [9.17, 15) is 13.2 Å². The molecular weight excluding hydrogens is 386 g/mol. The second kappa shape index (κ2) is 8.64. The van der Waals surface area contributed by atoms with E-state index in [-0.39, 0.29) is 5.75 Å². The van der Waals surface area contributed by atoms with E-state index in [2.05, 4.69) is 27.9 Å². The lowest BCUT2D eigenvalue weighted by Crippen LogP contribution is -2.38. The van der Waals surface area contributed by atoms with Gasteiger partial charge in [0.15, 0.2) is 0 Å². The van der Waals surface area contributed by atoms with Gasteiger partial charge in [-0.3, -0.25) is 0 Å². The van der Waals surface area contributed by atoms with Crippen LogP contribution in [0.25, 0.3) is 0 Å². The molecule has 1 aromatic rings. The predicted octanol–water partition coefficient (Wildman–Crippen LogP) is 3.24. The van der Waals surface area contributed by atoms with E-state index in [1.165, 1.54) is 22.3 Å². The van der Waals surface area contributed by atoms with E-state index in [4.69, 9.17) is 0 Å². The number of sulfonamides is 1. The van der Waals surface area contributed by atoms with Crippen molar-refractivity contribution in [2.24, 2.45) is 5.92 Å². The van der Waals surface area contributed by atoms with Crippen molar-refractivity contribution in [3.8, 4) is 0 Å². The Morgan fingerprint density at radius 3 is 2.28 bits per heavy atom. The molecule has 2 amide bonds. The monoisotopic (exact) mass is 419 g/mol. The highest BCUT2D eigenvalue weighted by Gasteiger charge is 2.26. The molecule has 1 fully saturated rings. The predicted molar refractivity (Wildman–Crippen MR) is 116 cm³/mol. The molecule has 160 valence electrons. The first-order valence-electron chi connectivity index (χ1n) is 11.2. The van der Waals surface area contributed by atoms with Crippen LogP contribution in [0.3, 0.4) is 0 Å². The van der Waals surface area contributed by atoms with Gasteiger partial charge in [0.25, 0.3) is 0 Å². The van der Waals surface area contributed by atoms with Crippen LogP contribution in [0.15, 0.2) is 6.07 Å². The summed E-state index contributed by atoms with van der Waals surface area (Å²) < 4.78 is 27.2. The Morgan fingerprint density at radius 1 is 1.07 bits per heavy atom. The van der Waals surface area contributed by atoms with Crippen LogP contribution in [0, 0.1) is 5.92 Å². The average Bonchev–Trinajstić information content (AvgIpc) is 3.35. The Kier molecular flexibility index (Phi) is 6.16. The van der Waals surface area contributed by atoms with E-state index >= 15 is 0 Å². The van der Waals surface area contributed by atoms with Gasteiger partial charge < -0.3 is 10.2 Å². The van der Waals surface area contributed by atoms with Crippen molar-refractivity contribution in [3.63, 3.8) is 0 Å². The lowest BCUT2D eigenvalue weighted by molar-refractivity contribution is 0.190. The molecule has 6 nitrogen and oxygen atoms in total. The zero-order valence-corrected chi connectivity index (χ0v) is 18.2. The lowest BCUT2D eigenvalue weighted by atomic mass is 9.94. The standard InChI is InChI=1S/C22H33N3O3S/c1-2-25-12-9-16(10-13-25)11-14-29(27,28)24-22(26)23-21-19-7-3-5-17(19)15-18-6-4-8-20(18)21/h15-16H,2-14H2,1H3,(H2,23,24,26). The minimum Gasteiger partial charge on any atom is -0.307 e. The van der Waals surface area contributed by atoms with Crippen LogP contribution in [0.5, 0.6) is 0 Å². The summed E-state index contributed by atoms with van der Waals surface area (Å²) in [7, 11) is -3.62.